The van der Waals surface area contributed by atoms with Crippen LogP contribution in [0.4, 0.5) is 0 Å². The van der Waals surface area contributed by atoms with E-state index >= 15 is 0 Å². The third-order valence-electron chi connectivity index (χ3n) is 3.59. The number of nitrogens with zero attached hydrogens (tertiary/aromatic N) is 1. The summed E-state index contributed by atoms with van der Waals surface area (Å²) >= 11 is 10.8. The predicted octanol–water partition coefficient (Wildman–Crippen LogP) is 4.28. The first-order valence-electron chi connectivity index (χ1n) is 6.78. The second-order valence-electron chi connectivity index (χ2n) is 6.21. The molecule has 0 amide bonds. The highest BCUT2D eigenvalue weighted by atomic mass is 35.5. The quantitative estimate of drug-likeness (QED) is 0.660. The first-order chi connectivity index (χ1) is 9.29. The molecule has 1 aliphatic rings. The van der Waals surface area contributed by atoms with Gasteiger partial charge in [0.1, 0.15) is 9.90 Å². The van der Waals surface area contributed by atoms with E-state index in [9.17, 15) is 4.55 Å². The Morgan fingerprint density at radius 3 is 2.50 bits per heavy atom. The van der Waals surface area contributed by atoms with E-state index in [1.165, 1.54) is 6.42 Å². The monoisotopic (exact) mass is 334 g/mol. The second kappa shape index (κ2) is 6.41. The van der Waals surface area contributed by atoms with E-state index < -0.39 is 11.4 Å². The van der Waals surface area contributed by atoms with Gasteiger partial charge in [0.05, 0.1) is 11.1 Å². The molecule has 0 aliphatic heterocycles. The Kier molecular flexibility index (Phi) is 5.24. The number of rotatable bonds is 4. The second-order valence-corrected chi connectivity index (χ2v) is 8.97. The maximum absolute atomic E-state index is 12.4. The molecule has 2 atom stereocenters. The normalized spacial score (nSPS) is 19.5. The minimum Gasteiger partial charge on any atom is -0.598 e. The van der Waals surface area contributed by atoms with Crippen molar-refractivity contribution in [3.8, 4) is 0 Å². The number of hydrogen-bond donors (Lipinski definition) is 1. The zero-order chi connectivity index (χ0) is 14.9. The largest absolute Gasteiger partial charge is 0.598 e. The Hall–Kier alpha value is -0.0000000000000000555. The van der Waals surface area contributed by atoms with Gasteiger partial charge in [-0.15, -0.1) is 4.72 Å². The Balaban J connectivity index is 2.21. The molecule has 0 bridgehead atoms. The van der Waals surface area contributed by atoms with Gasteiger partial charge in [-0.25, -0.2) is 4.98 Å². The molecule has 1 unspecified atom stereocenters. The lowest BCUT2D eigenvalue weighted by Crippen LogP contribution is -2.44. The summed E-state index contributed by atoms with van der Waals surface area (Å²) in [4.78, 5) is 4.10. The van der Waals surface area contributed by atoms with Crippen molar-refractivity contribution < 1.29 is 4.55 Å². The minimum absolute atomic E-state index is 0.0195. The molecule has 20 heavy (non-hydrogen) atoms. The van der Waals surface area contributed by atoms with E-state index in [2.05, 4.69) is 9.71 Å². The first-order valence-corrected chi connectivity index (χ1v) is 8.68. The number of hydrogen-bond acceptors (Lipinski definition) is 3. The van der Waals surface area contributed by atoms with Gasteiger partial charge in [0.15, 0.2) is 0 Å². The summed E-state index contributed by atoms with van der Waals surface area (Å²) in [5.74, 6) is 0.486. The maximum atomic E-state index is 12.4. The van der Waals surface area contributed by atoms with Crippen LogP contribution >= 0.6 is 23.2 Å². The molecule has 1 fully saturated rings. The first kappa shape index (κ1) is 16.4. The lowest BCUT2D eigenvalue weighted by atomic mass is 9.78. The number of halogens is 2. The van der Waals surface area contributed by atoms with Crippen molar-refractivity contribution in [1.29, 1.82) is 0 Å². The third-order valence-corrected chi connectivity index (χ3v) is 5.85. The van der Waals surface area contributed by atoms with Crippen LogP contribution in [0, 0.1) is 5.92 Å². The zero-order valence-corrected chi connectivity index (χ0v) is 14.3. The fourth-order valence-electron chi connectivity index (χ4n) is 2.11. The highest BCUT2D eigenvalue weighted by Gasteiger charge is 2.36. The third kappa shape index (κ3) is 3.80. The molecule has 2 rings (SSSR count). The molecule has 1 aromatic heterocycles. The Bertz CT molecular complexity index is 475. The molecule has 3 nitrogen and oxygen atoms in total. The van der Waals surface area contributed by atoms with Crippen molar-refractivity contribution in [2.45, 2.75) is 50.8 Å². The number of pyridine rings is 1. The molecule has 1 N–H and O–H groups in total. The molecule has 0 saturated heterocycles. The summed E-state index contributed by atoms with van der Waals surface area (Å²) in [6.45, 7) is 5.88. The van der Waals surface area contributed by atoms with Crippen molar-refractivity contribution in [3.05, 3.63) is 28.0 Å². The highest BCUT2D eigenvalue weighted by molar-refractivity contribution is 7.90. The summed E-state index contributed by atoms with van der Waals surface area (Å²) in [7, 11) is 0. The average molecular weight is 335 g/mol. The minimum atomic E-state index is -1.12. The molecule has 6 heteroatoms. The van der Waals surface area contributed by atoms with Gasteiger partial charge in [-0.05, 0) is 51.2 Å². The molecule has 0 aromatic carbocycles. The van der Waals surface area contributed by atoms with Crippen LogP contribution in [0.2, 0.25) is 10.2 Å². The van der Waals surface area contributed by atoms with Crippen molar-refractivity contribution in [2.24, 2.45) is 5.92 Å². The molecule has 1 saturated carbocycles. The van der Waals surface area contributed by atoms with Crippen LogP contribution in [0.15, 0.2) is 12.3 Å². The van der Waals surface area contributed by atoms with Gasteiger partial charge >= 0.3 is 0 Å². The van der Waals surface area contributed by atoms with E-state index in [4.69, 9.17) is 23.2 Å². The van der Waals surface area contributed by atoms with Gasteiger partial charge in [0.2, 0.25) is 0 Å². The van der Waals surface area contributed by atoms with Gasteiger partial charge in [0, 0.05) is 17.6 Å². The topological polar surface area (TPSA) is 48.0 Å². The molecule has 0 spiro atoms. The van der Waals surface area contributed by atoms with Crippen LogP contribution in [-0.4, -0.2) is 14.3 Å². The molecular weight excluding hydrogens is 315 g/mol. The molecule has 1 heterocycles. The van der Waals surface area contributed by atoms with Crippen LogP contribution in [-0.2, 0) is 11.4 Å². The van der Waals surface area contributed by atoms with Gasteiger partial charge in [-0.1, -0.05) is 29.6 Å². The molecular formula is C14H20Cl2N2OS. The molecule has 0 radical (unpaired) electrons. The Labute approximate surface area is 133 Å². The summed E-state index contributed by atoms with van der Waals surface area (Å²) in [5.41, 5.74) is 0.960. The number of nitrogens with one attached hydrogen (secondary N) is 1. The van der Waals surface area contributed by atoms with E-state index in [0.29, 0.717) is 16.1 Å². The SMILES string of the molecule is CC(C)(C)[S+]([O-])N[C@@H](c1cnc(Cl)c(Cl)c1)C1CCC1. The van der Waals surface area contributed by atoms with Crippen LogP contribution in [0.3, 0.4) is 0 Å². The van der Waals surface area contributed by atoms with Crippen molar-refractivity contribution in [3.63, 3.8) is 0 Å². The highest BCUT2D eigenvalue weighted by Crippen LogP contribution is 2.39. The average Bonchev–Trinajstić information content (AvgIpc) is 2.28. The molecule has 112 valence electrons. The van der Waals surface area contributed by atoms with Gasteiger partial charge < -0.3 is 4.55 Å². The maximum Gasteiger partial charge on any atom is 0.147 e. The van der Waals surface area contributed by atoms with Crippen molar-refractivity contribution in [1.82, 2.24) is 9.71 Å². The predicted molar refractivity (Wildman–Crippen MR) is 85.4 cm³/mol. The summed E-state index contributed by atoms with van der Waals surface area (Å²) < 4.78 is 15.3. The summed E-state index contributed by atoms with van der Waals surface area (Å²) in [6, 6.07) is 1.85. The van der Waals surface area contributed by atoms with Gasteiger partial charge in [-0.3, -0.25) is 0 Å². The Morgan fingerprint density at radius 1 is 1.40 bits per heavy atom. The fraction of sp³-hybridized carbons (Fsp3) is 0.643. The fourth-order valence-corrected chi connectivity index (χ4v) is 3.30. The van der Waals surface area contributed by atoms with Crippen molar-refractivity contribution in [2.75, 3.05) is 0 Å². The number of aromatic nitrogens is 1. The van der Waals surface area contributed by atoms with Gasteiger partial charge in [0.25, 0.3) is 0 Å². The summed E-state index contributed by atoms with van der Waals surface area (Å²) in [5, 5.41) is 0.747. The van der Waals surface area contributed by atoms with E-state index in [1.54, 1.807) is 6.20 Å². The smallest absolute Gasteiger partial charge is 0.147 e. The lowest BCUT2D eigenvalue weighted by molar-refractivity contribution is 0.249. The lowest BCUT2D eigenvalue weighted by Gasteiger charge is -2.36. The molecule has 1 aromatic rings. The zero-order valence-electron chi connectivity index (χ0n) is 12.0. The van der Waals surface area contributed by atoms with Crippen LogP contribution < -0.4 is 4.72 Å². The molecule has 1 aliphatic carbocycles. The van der Waals surface area contributed by atoms with Crippen molar-refractivity contribution >= 4 is 34.6 Å². The summed E-state index contributed by atoms with van der Waals surface area (Å²) in [6.07, 6.45) is 5.22. The van der Waals surface area contributed by atoms with Crippen LogP contribution in [0.1, 0.15) is 51.6 Å². The van der Waals surface area contributed by atoms with E-state index in [-0.39, 0.29) is 10.8 Å². The van der Waals surface area contributed by atoms with Crippen LogP contribution in [0.25, 0.3) is 0 Å². The van der Waals surface area contributed by atoms with E-state index in [1.807, 2.05) is 26.8 Å². The Morgan fingerprint density at radius 2 is 2.05 bits per heavy atom. The standard InChI is InChI=1S/C14H20Cl2N2OS/c1-14(2,3)20(19)18-12(9-5-4-6-9)10-7-11(15)13(16)17-8-10/h7-9,12,18H,4-6H2,1-3H3/t12-,20?/m1/s1. The van der Waals surface area contributed by atoms with Crippen LogP contribution in [0.5, 0.6) is 0 Å². The van der Waals surface area contributed by atoms with E-state index in [0.717, 1.165) is 18.4 Å². The van der Waals surface area contributed by atoms with Gasteiger partial charge in [-0.2, -0.15) is 0 Å².